The molecular formula is C14H26. The van der Waals surface area contributed by atoms with Gasteiger partial charge in [-0.05, 0) is 11.8 Å². The van der Waals surface area contributed by atoms with Gasteiger partial charge >= 0.3 is 0 Å². The molecule has 0 bridgehead atoms. The normalized spacial score (nSPS) is 25.9. The molecule has 0 spiro atoms. The highest BCUT2D eigenvalue weighted by molar-refractivity contribution is 4.80. The van der Waals surface area contributed by atoms with Crippen molar-refractivity contribution in [2.75, 3.05) is 0 Å². The molecule has 1 aliphatic carbocycles. The Morgan fingerprint density at radius 1 is 0.929 bits per heavy atom. The lowest BCUT2D eigenvalue weighted by atomic mass is 9.80. The first-order chi connectivity index (χ1) is 6.78. The second-order valence-corrected chi connectivity index (χ2v) is 4.26. The molecule has 0 saturated heterocycles. The summed E-state index contributed by atoms with van der Waals surface area (Å²) in [5.74, 6) is 4.57. The van der Waals surface area contributed by atoms with Gasteiger partial charge in [-0.2, -0.15) is 0 Å². The van der Waals surface area contributed by atoms with Crippen molar-refractivity contribution in [2.45, 2.75) is 65.7 Å². The van der Waals surface area contributed by atoms with Crippen LogP contribution in [0, 0.1) is 24.2 Å². The summed E-state index contributed by atoms with van der Waals surface area (Å²) in [6, 6.07) is 0. The van der Waals surface area contributed by atoms with Crippen LogP contribution in [0.1, 0.15) is 65.7 Å². The summed E-state index contributed by atoms with van der Waals surface area (Å²) in [6.45, 7) is 6.61. The van der Waals surface area contributed by atoms with Crippen molar-refractivity contribution < 1.29 is 0 Å². The standard InChI is InChI=1S/C10H20.C4H6/c1-3-9-5-7-10(4-2)8-6-9;1-3-4-2/h9-10H,3-8H2,1-2H3;1H,4H2,2H3. The molecule has 0 N–H and O–H groups in total. The smallest absolute Gasteiger partial charge is 0.00576 e. The molecule has 0 aromatic heterocycles. The highest BCUT2D eigenvalue weighted by atomic mass is 14.2. The maximum atomic E-state index is 4.78. The van der Waals surface area contributed by atoms with E-state index in [4.69, 9.17) is 6.42 Å². The second kappa shape index (κ2) is 9.13. The van der Waals surface area contributed by atoms with Gasteiger partial charge in [0.25, 0.3) is 0 Å². The number of hydrogen-bond acceptors (Lipinski definition) is 0. The van der Waals surface area contributed by atoms with E-state index in [-0.39, 0.29) is 0 Å². The van der Waals surface area contributed by atoms with Crippen molar-refractivity contribution in [3.05, 3.63) is 0 Å². The fourth-order valence-corrected chi connectivity index (χ4v) is 2.05. The summed E-state index contributed by atoms with van der Waals surface area (Å²) < 4.78 is 0. The molecule has 1 fully saturated rings. The average Bonchev–Trinajstić information content (AvgIpc) is 2.29. The minimum Gasteiger partial charge on any atom is -0.120 e. The van der Waals surface area contributed by atoms with Crippen LogP contribution in [-0.4, -0.2) is 0 Å². The summed E-state index contributed by atoms with van der Waals surface area (Å²) >= 11 is 0. The topological polar surface area (TPSA) is 0 Å². The molecule has 0 amide bonds. The van der Waals surface area contributed by atoms with Crippen molar-refractivity contribution in [1.29, 1.82) is 0 Å². The first-order valence-electron chi connectivity index (χ1n) is 6.21. The van der Waals surface area contributed by atoms with Gasteiger partial charge in [0.2, 0.25) is 0 Å². The summed E-state index contributed by atoms with van der Waals surface area (Å²) in [5, 5.41) is 0. The molecule has 0 aliphatic heterocycles. The van der Waals surface area contributed by atoms with Gasteiger partial charge in [-0.15, -0.1) is 12.3 Å². The zero-order valence-electron chi connectivity index (χ0n) is 10.2. The van der Waals surface area contributed by atoms with Crippen molar-refractivity contribution in [2.24, 2.45) is 11.8 Å². The van der Waals surface area contributed by atoms with Gasteiger partial charge in [0.05, 0.1) is 0 Å². The van der Waals surface area contributed by atoms with Crippen molar-refractivity contribution in [3.8, 4) is 12.3 Å². The van der Waals surface area contributed by atoms with Crippen LogP contribution in [0.15, 0.2) is 0 Å². The Morgan fingerprint density at radius 2 is 1.21 bits per heavy atom. The molecule has 14 heavy (non-hydrogen) atoms. The maximum Gasteiger partial charge on any atom is 0.00576 e. The van der Waals surface area contributed by atoms with Gasteiger partial charge in [-0.1, -0.05) is 59.3 Å². The molecule has 0 nitrogen and oxygen atoms in total. The Bertz CT molecular complexity index is 132. The van der Waals surface area contributed by atoms with Gasteiger partial charge in [-0.25, -0.2) is 0 Å². The van der Waals surface area contributed by atoms with E-state index in [0.717, 1.165) is 18.3 Å². The summed E-state index contributed by atoms with van der Waals surface area (Å²) in [6.07, 6.45) is 14.5. The first-order valence-corrected chi connectivity index (χ1v) is 6.21. The third-order valence-corrected chi connectivity index (χ3v) is 3.33. The molecule has 0 unspecified atom stereocenters. The molecule has 1 aliphatic rings. The molecule has 0 aromatic rings. The van der Waals surface area contributed by atoms with Gasteiger partial charge in [0.1, 0.15) is 0 Å². The predicted molar refractivity (Wildman–Crippen MR) is 65.2 cm³/mol. The third-order valence-electron chi connectivity index (χ3n) is 3.33. The van der Waals surface area contributed by atoms with Crippen molar-refractivity contribution in [3.63, 3.8) is 0 Å². The minimum absolute atomic E-state index is 0.847. The quantitative estimate of drug-likeness (QED) is 0.562. The SMILES string of the molecule is C#CCC.CCC1CCC(CC)CC1. The van der Waals surface area contributed by atoms with E-state index in [9.17, 15) is 0 Å². The summed E-state index contributed by atoms with van der Waals surface area (Å²) in [5.41, 5.74) is 0. The molecule has 0 radical (unpaired) electrons. The average molecular weight is 194 g/mol. The van der Waals surface area contributed by atoms with E-state index in [1.54, 1.807) is 0 Å². The monoisotopic (exact) mass is 194 g/mol. The van der Waals surface area contributed by atoms with Gasteiger partial charge in [0.15, 0.2) is 0 Å². The molecule has 1 rings (SSSR count). The van der Waals surface area contributed by atoms with Crippen LogP contribution >= 0.6 is 0 Å². The number of hydrogen-bond donors (Lipinski definition) is 0. The van der Waals surface area contributed by atoms with Crippen molar-refractivity contribution >= 4 is 0 Å². The molecular weight excluding hydrogens is 168 g/mol. The first kappa shape index (κ1) is 13.6. The molecule has 82 valence electrons. The van der Waals surface area contributed by atoms with Gasteiger partial charge in [0, 0.05) is 6.42 Å². The molecule has 0 heteroatoms. The second-order valence-electron chi connectivity index (χ2n) is 4.26. The Hall–Kier alpha value is -0.440. The zero-order valence-corrected chi connectivity index (χ0v) is 10.2. The highest BCUT2D eigenvalue weighted by Gasteiger charge is 2.17. The van der Waals surface area contributed by atoms with Crippen LogP contribution in [0.2, 0.25) is 0 Å². The summed E-state index contributed by atoms with van der Waals surface area (Å²) in [4.78, 5) is 0. The lowest BCUT2D eigenvalue weighted by Crippen LogP contribution is -2.12. The van der Waals surface area contributed by atoms with Crippen LogP contribution in [0.3, 0.4) is 0 Å². The van der Waals surface area contributed by atoms with Crippen LogP contribution in [-0.2, 0) is 0 Å². The van der Waals surface area contributed by atoms with Crippen molar-refractivity contribution in [1.82, 2.24) is 0 Å². The van der Waals surface area contributed by atoms with Gasteiger partial charge in [-0.3, -0.25) is 0 Å². The zero-order chi connectivity index (χ0) is 10.8. The fourth-order valence-electron chi connectivity index (χ4n) is 2.05. The van der Waals surface area contributed by atoms with E-state index >= 15 is 0 Å². The van der Waals surface area contributed by atoms with E-state index in [1.165, 1.54) is 38.5 Å². The molecule has 0 aromatic carbocycles. The highest BCUT2D eigenvalue weighted by Crippen LogP contribution is 2.31. The largest absolute Gasteiger partial charge is 0.120 e. The molecule has 0 heterocycles. The Kier molecular flexibility index (Phi) is 8.84. The number of terminal acetylenes is 1. The van der Waals surface area contributed by atoms with Crippen LogP contribution in [0.25, 0.3) is 0 Å². The molecule has 1 saturated carbocycles. The van der Waals surface area contributed by atoms with E-state index < -0.39 is 0 Å². The molecule has 0 atom stereocenters. The van der Waals surface area contributed by atoms with E-state index in [2.05, 4.69) is 19.8 Å². The lowest BCUT2D eigenvalue weighted by Gasteiger charge is -2.26. The Balaban J connectivity index is 0.000000364. The van der Waals surface area contributed by atoms with Crippen LogP contribution < -0.4 is 0 Å². The minimum atomic E-state index is 0.847. The fraction of sp³-hybridized carbons (Fsp3) is 0.857. The van der Waals surface area contributed by atoms with E-state index in [0.29, 0.717) is 0 Å². The Labute approximate surface area is 90.5 Å². The Morgan fingerprint density at radius 3 is 1.36 bits per heavy atom. The maximum absolute atomic E-state index is 4.78. The predicted octanol–water partition coefficient (Wildman–Crippen LogP) is 4.64. The summed E-state index contributed by atoms with van der Waals surface area (Å²) in [7, 11) is 0. The van der Waals surface area contributed by atoms with Crippen LogP contribution in [0.5, 0.6) is 0 Å². The third kappa shape index (κ3) is 6.08. The number of rotatable bonds is 2. The van der Waals surface area contributed by atoms with Crippen LogP contribution in [0.4, 0.5) is 0 Å². The lowest BCUT2D eigenvalue weighted by molar-refractivity contribution is 0.264. The van der Waals surface area contributed by atoms with E-state index in [1.807, 2.05) is 6.92 Å². The van der Waals surface area contributed by atoms with Gasteiger partial charge < -0.3 is 0 Å².